The van der Waals surface area contributed by atoms with Crippen LogP contribution < -0.4 is 19.9 Å². The van der Waals surface area contributed by atoms with Crippen LogP contribution in [0, 0.1) is 17.1 Å². The minimum Gasteiger partial charge on any atom is -0.462 e. The molecule has 4 heterocycles. The highest BCUT2D eigenvalue weighted by Gasteiger charge is 2.30. The van der Waals surface area contributed by atoms with Crippen molar-refractivity contribution in [1.82, 2.24) is 20.2 Å². The van der Waals surface area contributed by atoms with E-state index in [-0.39, 0.29) is 11.9 Å². The lowest BCUT2D eigenvalue weighted by molar-refractivity contribution is 0.187. The molecule has 2 atom stereocenters. The van der Waals surface area contributed by atoms with Crippen molar-refractivity contribution in [3.63, 3.8) is 0 Å². The number of aromatic nitrogens is 2. The Kier molecular flexibility index (Phi) is 7.00. The zero-order valence-corrected chi connectivity index (χ0v) is 21.9. The number of fused-ring (bicyclic) bond motifs is 2. The molecular formula is C29H34FN7O. The molecule has 2 saturated heterocycles. The summed E-state index contributed by atoms with van der Waals surface area (Å²) in [6, 6.07) is 14.3. The maximum absolute atomic E-state index is 14.5. The van der Waals surface area contributed by atoms with Crippen LogP contribution in [0.5, 0.6) is 6.01 Å². The number of benzene rings is 2. The van der Waals surface area contributed by atoms with Crippen LogP contribution in [0.1, 0.15) is 30.5 Å². The maximum Gasteiger partial charge on any atom is 0.318 e. The largest absolute Gasteiger partial charge is 0.462 e. The van der Waals surface area contributed by atoms with Crippen molar-refractivity contribution in [3.8, 4) is 12.1 Å². The van der Waals surface area contributed by atoms with E-state index in [1.807, 2.05) is 18.2 Å². The molecule has 0 aliphatic carbocycles. The predicted octanol–water partition coefficient (Wildman–Crippen LogP) is 3.50. The molecule has 3 aromatic rings. The lowest BCUT2D eigenvalue weighted by Gasteiger charge is -2.37. The van der Waals surface area contributed by atoms with Crippen molar-refractivity contribution < 1.29 is 9.13 Å². The fourth-order valence-corrected chi connectivity index (χ4v) is 6.08. The Morgan fingerprint density at radius 1 is 1.11 bits per heavy atom. The van der Waals surface area contributed by atoms with Crippen molar-refractivity contribution in [3.05, 3.63) is 53.5 Å². The maximum atomic E-state index is 14.5. The third-order valence-electron chi connectivity index (χ3n) is 8.18. The van der Waals surface area contributed by atoms with E-state index in [1.54, 1.807) is 6.07 Å². The number of ether oxygens (including phenoxy) is 1. The van der Waals surface area contributed by atoms with Gasteiger partial charge in [0.15, 0.2) is 0 Å². The fraction of sp³-hybridized carbons (Fsp3) is 0.483. The minimum atomic E-state index is -0.204. The molecule has 198 valence electrons. The molecule has 3 aliphatic rings. The third kappa shape index (κ3) is 4.86. The summed E-state index contributed by atoms with van der Waals surface area (Å²) >= 11 is 0. The van der Waals surface area contributed by atoms with Crippen LogP contribution in [0.2, 0.25) is 0 Å². The van der Waals surface area contributed by atoms with Gasteiger partial charge >= 0.3 is 6.01 Å². The summed E-state index contributed by atoms with van der Waals surface area (Å²) in [5, 5.41) is 14.2. The van der Waals surface area contributed by atoms with E-state index >= 15 is 0 Å². The van der Waals surface area contributed by atoms with Gasteiger partial charge in [-0.25, -0.2) is 4.39 Å². The molecule has 6 rings (SSSR count). The predicted molar refractivity (Wildman–Crippen MR) is 146 cm³/mol. The topological polar surface area (TPSA) is 80.5 Å². The highest BCUT2D eigenvalue weighted by atomic mass is 19.1. The number of anilines is 2. The number of nitrogens with zero attached hydrogens (tertiary/aromatic N) is 6. The van der Waals surface area contributed by atoms with Crippen LogP contribution >= 0.6 is 0 Å². The zero-order chi connectivity index (χ0) is 26.1. The summed E-state index contributed by atoms with van der Waals surface area (Å²) in [4.78, 5) is 16.8. The van der Waals surface area contributed by atoms with Crippen molar-refractivity contribution in [2.24, 2.45) is 0 Å². The second kappa shape index (κ2) is 10.7. The lowest BCUT2D eigenvalue weighted by Crippen LogP contribution is -2.51. The first kappa shape index (κ1) is 24.8. The van der Waals surface area contributed by atoms with Gasteiger partial charge in [-0.1, -0.05) is 24.3 Å². The van der Waals surface area contributed by atoms with E-state index < -0.39 is 0 Å². The van der Waals surface area contributed by atoms with Gasteiger partial charge in [0.05, 0.1) is 24.7 Å². The van der Waals surface area contributed by atoms with Gasteiger partial charge in [-0.2, -0.15) is 15.2 Å². The van der Waals surface area contributed by atoms with E-state index in [4.69, 9.17) is 14.7 Å². The molecule has 0 amide bonds. The van der Waals surface area contributed by atoms with Gasteiger partial charge in [0, 0.05) is 60.3 Å². The second-order valence-electron chi connectivity index (χ2n) is 10.6. The number of nitrogens with one attached hydrogen (secondary N) is 1. The monoisotopic (exact) mass is 515 g/mol. The summed E-state index contributed by atoms with van der Waals surface area (Å²) < 4.78 is 20.8. The fourth-order valence-electron chi connectivity index (χ4n) is 6.08. The SMILES string of the molecule is CN1CCC[C@H]1COc1nc2c(c(N3CCNC(CC#N)C3)n1)CCN(c1cccc3c(F)cccc13)C2. The van der Waals surface area contributed by atoms with E-state index in [9.17, 15) is 9.65 Å². The van der Waals surface area contributed by atoms with Gasteiger partial charge in [0.1, 0.15) is 18.2 Å². The van der Waals surface area contributed by atoms with Crippen LogP contribution in [-0.2, 0) is 13.0 Å². The van der Waals surface area contributed by atoms with E-state index in [1.165, 1.54) is 12.5 Å². The average molecular weight is 516 g/mol. The van der Waals surface area contributed by atoms with Crippen LogP contribution in [0.4, 0.5) is 15.9 Å². The first-order valence-corrected chi connectivity index (χ1v) is 13.6. The summed E-state index contributed by atoms with van der Waals surface area (Å²) in [5.74, 6) is 0.724. The summed E-state index contributed by atoms with van der Waals surface area (Å²) in [6.45, 7) is 5.41. The summed E-state index contributed by atoms with van der Waals surface area (Å²) in [5.41, 5.74) is 3.12. The number of hydrogen-bond acceptors (Lipinski definition) is 8. The first-order valence-electron chi connectivity index (χ1n) is 13.6. The van der Waals surface area contributed by atoms with Crippen molar-refractivity contribution in [2.45, 2.75) is 44.3 Å². The number of piperazine rings is 1. The van der Waals surface area contributed by atoms with Gasteiger partial charge in [-0.15, -0.1) is 0 Å². The number of halogens is 1. The molecule has 38 heavy (non-hydrogen) atoms. The Balaban J connectivity index is 1.33. The van der Waals surface area contributed by atoms with E-state index in [0.717, 1.165) is 73.7 Å². The van der Waals surface area contributed by atoms with Gasteiger partial charge in [0.25, 0.3) is 0 Å². The molecular weight excluding hydrogens is 481 g/mol. The molecule has 1 unspecified atom stereocenters. The highest BCUT2D eigenvalue weighted by molar-refractivity contribution is 5.94. The van der Waals surface area contributed by atoms with Gasteiger partial charge in [-0.05, 0) is 45.0 Å². The van der Waals surface area contributed by atoms with Crippen molar-refractivity contribution >= 4 is 22.3 Å². The molecule has 0 radical (unpaired) electrons. The van der Waals surface area contributed by atoms with Crippen LogP contribution in [0.3, 0.4) is 0 Å². The molecule has 0 bridgehead atoms. The Bertz CT molecular complexity index is 1360. The third-order valence-corrected chi connectivity index (χ3v) is 8.18. The van der Waals surface area contributed by atoms with Gasteiger partial charge in [0.2, 0.25) is 0 Å². The first-order chi connectivity index (χ1) is 18.6. The molecule has 0 spiro atoms. The molecule has 0 saturated carbocycles. The zero-order valence-electron chi connectivity index (χ0n) is 21.9. The summed E-state index contributed by atoms with van der Waals surface area (Å²) in [6.07, 6.45) is 3.55. The molecule has 1 N–H and O–H groups in total. The molecule has 1 aromatic heterocycles. The Hall–Kier alpha value is -3.48. The summed E-state index contributed by atoms with van der Waals surface area (Å²) in [7, 11) is 2.14. The standard InChI is InChI=1S/C29H34FN7O/c1-35-14-4-5-21(35)19-38-29-33-26-18-36(27-9-3-6-22-23(27)7-2-8-25(22)30)15-11-24(26)28(34-29)37-16-13-32-20(17-37)10-12-31/h2-3,6-9,20-21,32H,4-5,10-11,13-19H2,1H3/t20?,21-/m0/s1. The lowest BCUT2D eigenvalue weighted by atomic mass is 10.0. The number of hydrogen-bond donors (Lipinski definition) is 1. The Morgan fingerprint density at radius 3 is 2.82 bits per heavy atom. The van der Waals surface area contributed by atoms with E-state index in [2.05, 4.69) is 39.2 Å². The normalized spacial score (nSPS) is 21.9. The van der Waals surface area contributed by atoms with Crippen molar-refractivity contribution in [1.29, 1.82) is 5.26 Å². The van der Waals surface area contributed by atoms with Crippen LogP contribution in [0.15, 0.2) is 36.4 Å². The van der Waals surface area contributed by atoms with Crippen LogP contribution in [0.25, 0.3) is 10.8 Å². The number of likely N-dealkylation sites (N-methyl/N-ethyl adjacent to an activating group) is 1. The number of rotatable bonds is 6. The average Bonchev–Trinajstić information content (AvgIpc) is 3.36. The molecule has 8 nitrogen and oxygen atoms in total. The van der Waals surface area contributed by atoms with Crippen LogP contribution in [-0.4, -0.2) is 73.3 Å². The van der Waals surface area contributed by atoms with Gasteiger partial charge < -0.3 is 24.8 Å². The Labute approximate surface area is 223 Å². The molecule has 9 heteroatoms. The minimum absolute atomic E-state index is 0.113. The number of nitriles is 1. The molecule has 2 aromatic carbocycles. The highest BCUT2D eigenvalue weighted by Crippen LogP contribution is 2.35. The molecule has 2 fully saturated rings. The van der Waals surface area contributed by atoms with Gasteiger partial charge in [-0.3, -0.25) is 0 Å². The van der Waals surface area contributed by atoms with Crippen molar-refractivity contribution in [2.75, 3.05) is 56.2 Å². The number of likely N-dealkylation sites (tertiary alicyclic amines) is 1. The quantitative estimate of drug-likeness (QED) is 0.535. The Morgan fingerprint density at radius 2 is 1.97 bits per heavy atom. The second-order valence-corrected chi connectivity index (χ2v) is 10.6. The smallest absolute Gasteiger partial charge is 0.318 e. The van der Waals surface area contributed by atoms with E-state index in [0.29, 0.717) is 37.0 Å². The molecule has 3 aliphatic heterocycles.